The lowest BCUT2D eigenvalue weighted by Crippen LogP contribution is -2.46. The molecule has 0 aliphatic rings. The van der Waals surface area contributed by atoms with Gasteiger partial charge in [0.1, 0.15) is 6.04 Å². The van der Waals surface area contributed by atoms with Gasteiger partial charge in [0.15, 0.2) is 11.6 Å². The Morgan fingerprint density at radius 1 is 1.30 bits per heavy atom. The molecule has 0 aliphatic carbocycles. The number of amides is 1. The first-order valence-corrected chi connectivity index (χ1v) is 6.91. The Morgan fingerprint density at radius 3 is 2.52 bits per heavy atom. The smallest absolute Gasteiger partial charge is 0.326 e. The van der Waals surface area contributed by atoms with Crippen LogP contribution in [0.4, 0.5) is 8.78 Å². The van der Waals surface area contributed by atoms with E-state index in [0.29, 0.717) is 0 Å². The summed E-state index contributed by atoms with van der Waals surface area (Å²) >= 11 is 0. The van der Waals surface area contributed by atoms with Crippen LogP contribution in [0.15, 0.2) is 18.2 Å². The second kappa shape index (κ2) is 8.21. The molecule has 0 saturated carbocycles. The Kier molecular flexibility index (Phi) is 6.62. The number of carboxylic acids is 1. The third-order valence-electron chi connectivity index (χ3n) is 3.11. The SMILES string of the molecule is CCOC(=O)C[C@@H](C)[C@H](NC(=O)c1cccc(F)c1F)C(=O)O. The van der Waals surface area contributed by atoms with Gasteiger partial charge in [-0.1, -0.05) is 13.0 Å². The third kappa shape index (κ3) is 5.01. The van der Waals surface area contributed by atoms with Gasteiger partial charge in [-0.15, -0.1) is 0 Å². The van der Waals surface area contributed by atoms with Crippen LogP contribution in [0.25, 0.3) is 0 Å². The Balaban J connectivity index is 2.87. The maximum Gasteiger partial charge on any atom is 0.326 e. The number of carbonyl (C=O) groups is 3. The first-order chi connectivity index (χ1) is 10.8. The van der Waals surface area contributed by atoms with Crippen molar-refractivity contribution in [2.45, 2.75) is 26.3 Å². The van der Waals surface area contributed by atoms with Crippen LogP contribution in [0.2, 0.25) is 0 Å². The zero-order valence-electron chi connectivity index (χ0n) is 12.6. The zero-order valence-corrected chi connectivity index (χ0v) is 12.6. The quantitative estimate of drug-likeness (QED) is 0.743. The van der Waals surface area contributed by atoms with Gasteiger partial charge in [-0.05, 0) is 25.0 Å². The molecule has 126 valence electrons. The van der Waals surface area contributed by atoms with E-state index in [2.05, 4.69) is 5.32 Å². The van der Waals surface area contributed by atoms with Crippen LogP contribution in [-0.2, 0) is 14.3 Å². The molecule has 0 aromatic heterocycles. The fourth-order valence-electron chi connectivity index (χ4n) is 1.95. The maximum absolute atomic E-state index is 13.6. The number of halogens is 2. The fraction of sp³-hybridized carbons (Fsp3) is 0.400. The number of carboxylic acid groups (broad SMARTS) is 1. The number of carbonyl (C=O) groups excluding carboxylic acids is 2. The van der Waals surface area contributed by atoms with Crippen molar-refractivity contribution in [1.29, 1.82) is 0 Å². The minimum Gasteiger partial charge on any atom is -0.480 e. The van der Waals surface area contributed by atoms with E-state index in [1.54, 1.807) is 6.92 Å². The number of rotatable bonds is 7. The molecule has 0 spiro atoms. The molecule has 1 aromatic rings. The number of hydrogen-bond donors (Lipinski definition) is 2. The molecule has 8 heteroatoms. The summed E-state index contributed by atoms with van der Waals surface area (Å²) < 4.78 is 31.4. The van der Waals surface area contributed by atoms with Gasteiger partial charge in [0.2, 0.25) is 0 Å². The normalized spacial score (nSPS) is 13.0. The lowest BCUT2D eigenvalue weighted by atomic mass is 9.98. The van der Waals surface area contributed by atoms with Gasteiger partial charge < -0.3 is 15.2 Å². The van der Waals surface area contributed by atoms with Gasteiger partial charge in [-0.25, -0.2) is 13.6 Å². The number of benzene rings is 1. The second-order valence-electron chi connectivity index (χ2n) is 4.88. The number of ether oxygens (including phenoxy) is 1. The van der Waals surface area contributed by atoms with E-state index in [0.717, 1.165) is 18.2 Å². The number of hydrogen-bond acceptors (Lipinski definition) is 4. The van der Waals surface area contributed by atoms with Crippen molar-refractivity contribution in [2.24, 2.45) is 5.92 Å². The van der Waals surface area contributed by atoms with Crippen molar-refractivity contribution in [3.05, 3.63) is 35.4 Å². The molecular weight excluding hydrogens is 312 g/mol. The van der Waals surface area contributed by atoms with E-state index >= 15 is 0 Å². The average Bonchev–Trinajstić information content (AvgIpc) is 2.47. The van der Waals surface area contributed by atoms with Crippen molar-refractivity contribution in [1.82, 2.24) is 5.32 Å². The van der Waals surface area contributed by atoms with Crippen LogP contribution in [0, 0.1) is 17.6 Å². The van der Waals surface area contributed by atoms with E-state index in [9.17, 15) is 28.3 Å². The maximum atomic E-state index is 13.6. The van der Waals surface area contributed by atoms with Crippen molar-refractivity contribution >= 4 is 17.8 Å². The Morgan fingerprint density at radius 2 is 1.96 bits per heavy atom. The summed E-state index contributed by atoms with van der Waals surface area (Å²) in [5, 5.41) is 11.3. The van der Waals surface area contributed by atoms with E-state index in [1.807, 2.05) is 0 Å². The van der Waals surface area contributed by atoms with Gasteiger partial charge in [0, 0.05) is 0 Å². The van der Waals surface area contributed by atoms with E-state index in [4.69, 9.17) is 4.74 Å². The van der Waals surface area contributed by atoms with Crippen LogP contribution in [0.3, 0.4) is 0 Å². The highest BCUT2D eigenvalue weighted by atomic mass is 19.2. The van der Waals surface area contributed by atoms with Crippen LogP contribution in [-0.4, -0.2) is 35.6 Å². The van der Waals surface area contributed by atoms with Gasteiger partial charge in [-0.2, -0.15) is 0 Å². The number of aliphatic carboxylic acids is 1. The summed E-state index contributed by atoms with van der Waals surface area (Å²) in [4.78, 5) is 34.6. The zero-order chi connectivity index (χ0) is 17.6. The monoisotopic (exact) mass is 329 g/mol. The van der Waals surface area contributed by atoms with Crippen LogP contribution in [0.5, 0.6) is 0 Å². The summed E-state index contributed by atoms with van der Waals surface area (Å²) in [6.45, 7) is 3.17. The highest BCUT2D eigenvalue weighted by Gasteiger charge is 2.30. The minimum atomic E-state index is -1.45. The summed E-state index contributed by atoms with van der Waals surface area (Å²) in [5.41, 5.74) is -0.611. The van der Waals surface area contributed by atoms with Crippen molar-refractivity contribution in [2.75, 3.05) is 6.61 Å². The Hall–Kier alpha value is -2.51. The molecular formula is C15H17F2NO5. The van der Waals surface area contributed by atoms with E-state index in [1.165, 1.54) is 6.92 Å². The van der Waals surface area contributed by atoms with Crippen molar-refractivity contribution in [3.63, 3.8) is 0 Å². The number of esters is 1. The summed E-state index contributed by atoms with van der Waals surface area (Å²) in [5.74, 6) is -6.47. The lowest BCUT2D eigenvalue weighted by molar-refractivity contribution is -0.145. The highest BCUT2D eigenvalue weighted by molar-refractivity contribution is 5.97. The van der Waals surface area contributed by atoms with Gasteiger partial charge in [0.05, 0.1) is 18.6 Å². The summed E-state index contributed by atoms with van der Waals surface area (Å²) in [7, 11) is 0. The minimum absolute atomic E-state index is 0.143. The Labute approximate surface area is 131 Å². The molecule has 0 saturated heterocycles. The van der Waals surface area contributed by atoms with E-state index < -0.39 is 47.0 Å². The molecule has 23 heavy (non-hydrogen) atoms. The first-order valence-electron chi connectivity index (χ1n) is 6.91. The predicted molar refractivity (Wildman–Crippen MR) is 75.7 cm³/mol. The molecule has 1 rings (SSSR count). The van der Waals surface area contributed by atoms with Gasteiger partial charge >= 0.3 is 11.9 Å². The van der Waals surface area contributed by atoms with E-state index in [-0.39, 0.29) is 13.0 Å². The number of nitrogens with one attached hydrogen (secondary N) is 1. The molecule has 2 N–H and O–H groups in total. The van der Waals surface area contributed by atoms with Crippen LogP contribution < -0.4 is 5.32 Å². The Bertz CT molecular complexity index is 606. The predicted octanol–water partition coefficient (Wildman–Crippen LogP) is 1.74. The molecule has 1 amide bonds. The molecule has 0 fully saturated rings. The molecule has 0 heterocycles. The average molecular weight is 329 g/mol. The topological polar surface area (TPSA) is 92.7 Å². The second-order valence-corrected chi connectivity index (χ2v) is 4.88. The van der Waals surface area contributed by atoms with Gasteiger partial charge in [-0.3, -0.25) is 9.59 Å². The van der Waals surface area contributed by atoms with Gasteiger partial charge in [0.25, 0.3) is 5.91 Å². The molecule has 0 radical (unpaired) electrons. The lowest BCUT2D eigenvalue weighted by Gasteiger charge is -2.21. The fourth-order valence-corrected chi connectivity index (χ4v) is 1.95. The molecule has 0 bridgehead atoms. The standard InChI is InChI=1S/C15H17F2NO5/c1-3-23-11(19)7-8(2)13(15(21)22)18-14(20)9-5-4-6-10(16)12(9)17/h4-6,8,13H,3,7H2,1-2H3,(H,18,20)(H,21,22)/t8-,13+/m1/s1. The molecule has 2 atom stereocenters. The summed E-state index contributed by atoms with van der Waals surface area (Å²) in [6.07, 6.45) is -0.239. The van der Waals surface area contributed by atoms with Crippen molar-refractivity contribution < 1.29 is 33.0 Å². The van der Waals surface area contributed by atoms with Crippen LogP contribution in [0.1, 0.15) is 30.6 Å². The molecule has 1 aromatic carbocycles. The molecule has 0 unspecified atom stereocenters. The third-order valence-corrected chi connectivity index (χ3v) is 3.11. The molecule has 0 aliphatic heterocycles. The summed E-state index contributed by atoms with van der Waals surface area (Å²) in [6, 6.07) is 1.55. The van der Waals surface area contributed by atoms with Crippen LogP contribution >= 0.6 is 0 Å². The largest absolute Gasteiger partial charge is 0.480 e. The first kappa shape index (κ1) is 18.5. The molecule has 6 nitrogen and oxygen atoms in total. The highest BCUT2D eigenvalue weighted by Crippen LogP contribution is 2.14. The van der Waals surface area contributed by atoms with Crippen molar-refractivity contribution in [3.8, 4) is 0 Å².